The Hall–Kier alpha value is -2.52. The molecule has 2 aromatic rings. The Kier molecular flexibility index (Phi) is 18.8. The zero-order valence-electron chi connectivity index (χ0n) is 25.9. The molecule has 0 aliphatic carbocycles. The fourth-order valence-electron chi connectivity index (χ4n) is 5.87. The van der Waals surface area contributed by atoms with E-state index < -0.39 is 0 Å². The summed E-state index contributed by atoms with van der Waals surface area (Å²) in [6, 6.07) is 20.5. The molecule has 0 radical (unpaired) electrons. The molecule has 0 amide bonds. The molecule has 0 spiro atoms. The summed E-state index contributed by atoms with van der Waals surface area (Å²) in [5.74, 6) is 0.778. The maximum Gasteiger partial charge on any atom is 0.0851 e. The van der Waals surface area contributed by atoms with Crippen LogP contribution >= 0.6 is 0 Å². The van der Waals surface area contributed by atoms with Crippen LogP contribution in [-0.4, -0.2) is 86.6 Å². The lowest BCUT2D eigenvalue weighted by Crippen LogP contribution is -2.31. The van der Waals surface area contributed by atoms with E-state index in [4.69, 9.17) is 0 Å². The lowest BCUT2D eigenvalue weighted by Gasteiger charge is -2.25. The van der Waals surface area contributed by atoms with E-state index in [1.54, 1.807) is 0 Å². The molecule has 0 aliphatic heterocycles. The number of hydrogen-bond acceptors (Lipinski definition) is 8. The van der Waals surface area contributed by atoms with E-state index in [2.05, 4.69) is 58.5 Å². The van der Waals surface area contributed by atoms with E-state index in [9.17, 15) is 20.0 Å². The zero-order chi connectivity index (χ0) is 30.4. The summed E-state index contributed by atoms with van der Waals surface area (Å²) in [7, 11) is 4.21. The van der Waals surface area contributed by atoms with Gasteiger partial charge in [-0.2, -0.15) is 9.81 Å². The van der Waals surface area contributed by atoms with Crippen LogP contribution in [-0.2, 0) is 12.8 Å². The molecule has 4 unspecified atom stereocenters. The number of rotatable bonds is 25. The minimum Gasteiger partial charge on any atom is -0.396 e. The van der Waals surface area contributed by atoms with Gasteiger partial charge >= 0.3 is 0 Å². The van der Waals surface area contributed by atoms with E-state index in [0.29, 0.717) is 13.1 Å². The Morgan fingerprint density at radius 3 is 1.29 bits per heavy atom. The highest BCUT2D eigenvalue weighted by Gasteiger charge is 2.18. The first-order valence-electron chi connectivity index (χ1n) is 15.7. The van der Waals surface area contributed by atoms with E-state index in [0.717, 1.165) is 77.5 Å². The Labute approximate surface area is 253 Å². The maximum absolute atomic E-state index is 11.1. The molecule has 0 bridgehead atoms. The summed E-state index contributed by atoms with van der Waals surface area (Å²) >= 11 is 0. The van der Waals surface area contributed by atoms with Crippen molar-refractivity contribution in [2.45, 2.75) is 51.4 Å². The molecular weight excluding hydrogens is 528 g/mol. The molecular formula is C34H54N4O4. The fourth-order valence-corrected chi connectivity index (χ4v) is 5.87. The third-order valence-corrected chi connectivity index (χ3v) is 8.35. The lowest BCUT2D eigenvalue weighted by molar-refractivity contribution is 0.195. The molecule has 2 aromatic carbocycles. The van der Waals surface area contributed by atoms with Crippen molar-refractivity contribution in [2.24, 2.45) is 34.0 Å². The first-order chi connectivity index (χ1) is 20.5. The minimum absolute atomic E-state index is 0.152. The summed E-state index contributed by atoms with van der Waals surface area (Å²) in [5.41, 5.74) is 2.46. The zero-order valence-corrected chi connectivity index (χ0v) is 25.9. The molecule has 8 heteroatoms. The summed E-state index contributed by atoms with van der Waals surface area (Å²) in [4.78, 5) is 26.8. The second-order valence-electron chi connectivity index (χ2n) is 12.2. The van der Waals surface area contributed by atoms with Gasteiger partial charge in [0.05, 0.1) is 13.1 Å². The summed E-state index contributed by atoms with van der Waals surface area (Å²) < 4.78 is 0. The molecule has 0 heterocycles. The number of hydrogen-bond donors (Lipinski definition) is 2. The van der Waals surface area contributed by atoms with Gasteiger partial charge in [-0.25, -0.2) is 0 Å². The predicted octanol–water partition coefficient (Wildman–Crippen LogP) is 5.66. The molecule has 42 heavy (non-hydrogen) atoms. The fraction of sp³-hybridized carbons (Fsp3) is 0.647. The van der Waals surface area contributed by atoms with Crippen molar-refractivity contribution in [1.29, 1.82) is 0 Å². The highest BCUT2D eigenvalue weighted by Crippen LogP contribution is 2.20. The Bertz CT molecular complexity index is 872. The number of benzene rings is 2. The lowest BCUT2D eigenvalue weighted by atomic mass is 9.91. The van der Waals surface area contributed by atoms with Gasteiger partial charge in [-0.1, -0.05) is 71.0 Å². The van der Waals surface area contributed by atoms with E-state index in [-0.39, 0.29) is 36.9 Å². The first kappa shape index (κ1) is 35.7. The predicted molar refractivity (Wildman–Crippen MR) is 172 cm³/mol. The quantitative estimate of drug-likeness (QED) is 0.116. The number of nitroso groups, excluding NO2 is 2. The Morgan fingerprint density at radius 1 is 0.595 bits per heavy atom. The normalized spacial score (nSPS) is 14.5. The average molecular weight is 583 g/mol. The second kappa shape index (κ2) is 22.1. The van der Waals surface area contributed by atoms with Crippen LogP contribution in [0.2, 0.25) is 0 Å². The topological polar surface area (TPSA) is 106 Å². The van der Waals surface area contributed by atoms with Crippen LogP contribution in [0, 0.1) is 33.5 Å². The largest absolute Gasteiger partial charge is 0.396 e. The molecule has 2 rings (SSSR count). The van der Waals surface area contributed by atoms with Crippen LogP contribution in [0.3, 0.4) is 0 Å². The van der Waals surface area contributed by atoms with Crippen molar-refractivity contribution in [3.8, 4) is 0 Å². The molecule has 8 nitrogen and oxygen atoms in total. The third kappa shape index (κ3) is 15.6. The summed E-state index contributed by atoms with van der Waals surface area (Å²) in [6.07, 6.45) is 7.32. The monoisotopic (exact) mass is 582 g/mol. The number of aliphatic hydroxyl groups excluding tert-OH is 2. The van der Waals surface area contributed by atoms with Crippen molar-refractivity contribution < 1.29 is 10.2 Å². The van der Waals surface area contributed by atoms with Crippen molar-refractivity contribution >= 4 is 0 Å². The van der Waals surface area contributed by atoms with Gasteiger partial charge in [-0.15, -0.1) is 0 Å². The molecule has 0 saturated heterocycles. The van der Waals surface area contributed by atoms with Gasteiger partial charge < -0.3 is 20.0 Å². The van der Waals surface area contributed by atoms with Crippen LogP contribution < -0.4 is 0 Å². The van der Waals surface area contributed by atoms with Crippen LogP contribution in [0.25, 0.3) is 0 Å². The van der Waals surface area contributed by atoms with Gasteiger partial charge in [0.25, 0.3) is 0 Å². The molecule has 4 atom stereocenters. The summed E-state index contributed by atoms with van der Waals surface area (Å²) in [6.45, 7) is 4.48. The average Bonchev–Trinajstić information content (AvgIpc) is 3.00. The van der Waals surface area contributed by atoms with Gasteiger partial charge in [-0.05, 0) is 113 Å². The highest BCUT2D eigenvalue weighted by atomic mass is 16.3. The van der Waals surface area contributed by atoms with Crippen LogP contribution in [0.1, 0.15) is 49.7 Å². The number of unbranched alkanes of at least 4 members (excludes halogenated alkanes) is 1. The van der Waals surface area contributed by atoms with Crippen molar-refractivity contribution in [3.05, 3.63) is 81.6 Å². The van der Waals surface area contributed by atoms with Gasteiger partial charge in [0, 0.05) is 26.3 Å². The summed E-state index contributed by atoms with van der Waals surface area (Å²) in [5, 5.41) is 26.2. The van der Waals surface area contributed by atoms with Gasteiger partial charge in [0.1, 0.15) is 0 Å². The van der Waals surface area contributed by atoms with E-state index in [1.807, 2.05) is 36.4 Å². The molecule has 2 N–H and O–H groups in total. The van der Waals surface area contributed by atoms with Crippen LogP contribution in [0.4, 0.5) is 0 Å². The van der Waals surface area contributed by atoms with Crippen molar-refractivity contribution in [1.82, 2.24) is 9.80 Å². The third-order valence-electron chi connectivity index (χ3n) is 8.35. The first-order valence-corrected chi connectivity index (χ1v) is 15.7. The van der Waals surface area contributed by atoms with Gasteiger partial charge in [-0.3, -0.25) is 0 Å². The van der Waals surface area contributed by atoms with Gasteiger partial charge in [0.15, 0.2) is 0 Å². The number of nitrogens with zero attached hydrogens (tertiary/aromatic N) is 4. The number of aliphatic hydroxyl groups is 2. The SMILES string of the molecule is CN(CCCCN(C)CC(CCC(CO)Cc1ccccc1)CN=O)CC(CCC(CO)Cc1ccccc1)CN=O. The van der Waals surface area contributed by atoms with Crippen LogP contribution in [0.5, 0.6) is 0 Å². The molecule has 0 aliphatic rings. The minimum atomic E-state index is 0.152. The Balaban J connectivity index is 1.67. The van der Waals surface area contributed by atoms with Crippen LogP contribution in [0.15, 0.2) is 71.0 Å². The molecule has 0 fully saturated rings. The Morgan fingerprint density at radius 2 is 0.952 bits per heavy atom. The smallest absolute Gasteiger partial charge is 0.0851 e. The van der Waals surface area contributed by atoms with Crippen molar-refractivity contribution in [2.75, 3.05) is 66.6 Å². The molecule has 0 saturated carbocycles. The molecule has 234 valence electrons. The van der Waals surface area contributed by atoms with Crippen molar-refractivity contribution in [3.63, 3.8) is 0 Å². The highest BCUT2D eigenvalue weighted by molar-refractivity contribution is 5.16. The standard InChI is InChI=1S/C34H54N4O4/c1-37(25-33(23-35-41)17-15-31(27-39)21-29-11-5-3-6-12-29)19-9-10-20-38(2)26-34(24-36-42)18-16-32(28-40)22-30-13-7-4-8-14-30/h3-8,11-14,31-34,39-40H,9-10,15-28H2,1-2H3. The van der Waals surface area contributed by atoms with Gasteiger partial charge in [0.2, 0.25) is 0 Å². The van der Waals surface area contributed by atoms with E-state index >= 15 is 0 Å². The maximum atomic E-state index is 11.1. The molecule has 0 aromatic heterocycles. The van der Waals surface area contributed by atoms with E-state index in [1.165, 1.54) is 11.1 Å². The second-order valence-corrected chi connectivity index (χ2v) is 12.2.